The van der Waals surface area contributed by atoms with E-state index in [0.29, 0.717) is 19.4 Å². The van der Waals surface area contributed by atoms with E-state index in [-0.39, 0.29) is 28.7 Å². The van der Waals surface area contributed by atoms with Gasteiger partial charge < -0.3 is 10.6 Å². The van der Waals surface area contributed by atoms with Crippen LogP contribution in [-0.4, -0.2) is 24.4 Å². The van der Waals surface area contributed by atoms with E-state index in [1.165, 1.54) is 11.1 Å². The molecule has 4 nitrogen and oxygen atoms in total. The zero-order chi connectivity index (χ0) is 23.0. The van der Waals surface area contributed by atoms with Crippen molar-refractivity contribution in [3.8, 4) is 0 Å². The van der Waals surface area contributed by atoms with Gasteiger partial charge in [0.2, 0.25) is 11.8 Å². The van der Waals surface area contributed by atoms with Crippen LogP contribution < -0.4 is 10.6 Å². The molecule has 2 amide bonds. The third kappa shape index (κ3) is 7.81. The smallest absolute Gasteiger partial charge is 0.220 e. The molecule has 172 valence electrons. The fourth-order valence-electron chi connectivity index (χ4n) is 5.38. The summed E-state index contributed by atoms with van der Waals surface area (Å²) in [6.07, 6.45) is 5.44. The number of nitrogens with one attached hydrogen (secondary N) is 2. The molecule has 0 aliphatic heterocycles. The molecule has 0 unspecified atom stereocenters. The molecule has 0 spiro atoms. The van der Waals surface area contributed by atoms with Gasteiger partial charge in [0.05, 0.1) is 0 Å². The predicted octanol–water partition coefficient (Wildman–Crippen LogP) is 5.07. The standard InChI is InChI=1S/C28H38N2O2/c1-27(2)18-24(30-26(32)17-15-23-12-8-5-9-13-23)19-28(3,20-27)21-29-25(31)16-14-22-10-6-4-7-11-22/h4-13,24H,14-21H2,1-3H3,(H,29,31)(H,30,32)/t24-,28-/m0/s1. The van der Waals surface area contributed by atoms with E-state index < -0.39 is 0 Å². The second-order valence-electron chi connectivity index (χ2n) is 10.6. The van der Waals surface area contributed by atoms with E-state index >= 15 is 0 Å². The average molecular weight is 435 g/mol. The predicted molar refractivity (Wildman–Crippen MR) is 130 cm³/mol. The summed E-state index contributed by atoms with van der Waals surface area (Å²) in [7, 11) is 0. The molecular formula is C28H38N2O2. The van der Waals surface area contributed by atoms with Crippen LogP contribution in [0.3, 0.4) is 0 Å². The Morgan fingerprint density at radius 3 is 1.91 bits per heavy atom. The largest absolute Gasteiger partial charge is 0.356 e. The Bertz CT molecular complexity index is 879. The molecule has 0 saturated heterocycles. The maximum atomic E-state index is 12.6. The fourth-order valence-corrected chi connectivity index (χ4v) is 5.38. The van der Waals surface area contributed by atoms with Gasteiger partial charge in [0.25, 0.3) is 0 Å². The highest BCUT2D eigenvalue weighted by molar-refractivity contribution is 5.77. The van der Waals surface area contributed by atoms with Gasteiger partial charge in [-0.25, -0.2) is 0 Å². The summed E-state index contributed by atoms with van der Waals surface area (Å²) in [5, 5.41) is 6.45. The summed E-state index contributed by atoms with van der Waals surface area (Å²) in [5.74, 6) is 0.215. The lowest BCUT2D eigenvalue weighted by molar-refractivity contribution is -0.124. The van der Waals surface area contributed by atoms with Crippen molar-refractivity contribution >= 4 is 11.8 Å². The van der Waals surface area contributed by atoms with Gasteiger partial charge in [-0.2, -0.15) is 0 Å². The van der Waals surface area contributed by atoms with Gasteiger partial charge in [0, 0.05) is 25.4 Å². The molecule has 2 aromatic rings. The normalized spacial score (nSPS) is 22.2. The first-order valence-corrected chi connectivity index (χ1v) is 11.9. The first-order chi connectivity index (χ1) is 15.2. The van der Waals surface area contributed by atoms with Crippen LogP contribution in [0.25, 0.3) is 0 Å². The molecule has 0 radical (unpaired) electrons. The average Bonchev–Trinajstić information content (AvgIpc) is 2.75. The first kappa shape index (κ1) is 24.0. The minimum Gasteiger partial charge on any atom is -0.356 e. The van der Waals surface area contributed by atoms with Crippen LogP contribution in [0.5, 0.6) is 0 Å². The monoisotopic (exact) mass is 434 g/mol. The molecule has 32 heavy (non-hydrogen) atoms. The quantitative estimate of drug-likeness (QED) is 0.579. The SMILES string of the molecule is CC1(C)C[C@H](NC(=O)CCc2ccccc2)C[C@](C)(CNC(=O)CCc2ccccc2)C1. The summed E-state index contributed by atoms with van der Waals surface area (Å²) < 4.78 is 0. The molecule has 2 atom stereocenters. The molecule has 2 aromatic carbocycles. The van der Waals surface area contributed by atoms with Crippen LogP contribution in [-0.2, 0) is 22.4 Å². The van der Waals surface area contributed by atoms with E-state index in [1.54, 1.807) is 0 Å². The van der Waals surface area contributed by atoms with Crippen molar-refractivity contribution in [2.45, 2.75) is 71.8 Å². The zero-order valence-electron chi connectivity index (χ0n) is 19.8. The van der Waals surface area contributed by atoms with Crippen LogP contribution >= 0.6 is 0 Å². The number of aryl methyl sites for hydroxylation is 2. The molecule has 1 aliphatic rings. The molecule has 1 aliphatic carbocycles. The maximum absolute atomic E-state index is 12.6. The van der Waals surface area contributed by atoms with Gasteiger partial charge in [-0.05, 0) is 54.1 Å². The fraction of sp³-hybridized carbons (Fsp3) is 0.500. The van der Waals surface area contributed by atoms with E-state index in [4.69, 9.17) is 0 Å². The van der Waals surface area contributed by atoms with Crippen LogP contribution in [0.1, 0.15) is 64.0 Å². The highest BCUT2D eigenvalue weighted by Crippen LogP contribution is 2.45. The highest BCUT2D eigenvalue weighted by atomic mass is 16.2. The molecule has 0 bridgehead atoms. The van der Waals surface area contributed by atoms with E-state index in [9.17, 15) is 9.59 Å². The summed E-state index contributed by atoms with van der Waals surface area (Å²) in [6.45, 7) is 7.43. The van der Waals surface area contributed by atoms with Crippen LogP contribution in [0.4, 0.5) is 0 Å². The van der Waals surface area contributed by atoms with Crippen molar-refractivity contribution in [1.82, 2.24) is 10.6 Å². The number of hydrogen-bond acceptors (Lipinski definition) is 2. The second kappa shape index (κ2) is 10.8. The third-order valence-corrected chi connectivity index (χ3v) is 6.49. The first-order valence-electron chi connectivity index (χ1n) is 11.9. The van der Waals surface area contributed by atoms with Crippen molar-refractivity contribution in [3.63, 3.8) is 0 Å². The second-order valence-corrected chi connectivity index (χ2v) is 10.6. The number of benzene rings is 2. The summed E-state index contributed by atoms with van der Waals surface area (Å²) in [5.41, 5.74) is 2.47. The summed E-state index contributed by atoms with van der Waals surface area (Å²) >= 11 is 0. The summed E-state index contributed by atoms with van der Waals surface area (Å²) in [4.78, 5) is 25.1. The lowest BCUT2D eigenvalue weighted by Crippen LogP contribution is -2.50. The van der Waals surface area contributed by atoms with Gasteiger partial charge in [0.15, 0.2) is 0 Å². The van der Waals surface area contributed by atoms with Crippen molar-refractivity contribution < 1.29 is 9.59 Å². The Balaban J connectivity index is 1.48. The number of carbonyl (C=O) groups excluding carboxylic acids is 2. The topological polar surface area (TPSA) is 58.2 Å². The van der Waals surface area contributed by atoms with Gasteiger partial charge in [-0.3, -0.25) is 9.59 Å². The van der Waals surface area contributed by atoms with Crippen LogP contribution in [0, 0.1) is 10.8 Å². The molecule has 1 fully saturated rings. The van der Waals surface area contributed by atoms with Gasteiger partial charge in [-0.1, -0.05) is 81.4 Å². The van der Waals surface area contributed by atoms with Crippen molar-refractivity contribution in [2.24, 2.45) is 10.8 Å². The molecular weight excluding hydrogens is 396 g/mol. The third-order valence-electron chi connectivity index (χ3n) is 6.49. The van der Waals surface area contributed by atoms with E-state index in [0.717, 1.165) is 32.1 Å². The van der Waals surface area contributed by atoms with Crippen molar-refractivity contribution in [3.05, 3.63) is 71.8 Å². The number of hydrogen-bond donors (Lipinski definition) is 2. The van der Waals surface area contributed by atoms with E-state index in [2.05, 4.69) is 55.7 Å². The maximum Gasteiger partial charge on any atom is 0.220 e. The summed E-state index contributed by atoms with van der Waals surface area (Å²) in [6, 6.07) is 20.4. The van der Waals surface area contributed by atoms with Gasteiger partial charge in [0.1, 0.15) is 0 Å². The van der Waals surface area contributed by atoms with Crippen molar-refractivity contribution in [1.29, 1.82) is 0 Å². The Morgan fingerprint density at radius 2 is 1.34 bits per heavy atom. The van der Waals surface area contributed by atoms with Crippen LogP contribution in [0.15, 0.2) is 60.7 Å². The van der Waals surface area contributed by atoms with E-state index in [1.807, 2.05) is 36.4 Å². The molecule has 4 heteroatoms. The Labute approximate surface area is 193 Å². The molecule has 1 saturated carbocycles. The zero-order valence-corrected chi connectivity index (χ0v) is 19.8. The molecule has 0 heterocycles. The number of amides is 2. The lowest BCUT2D eigenvalue weighted by Gasteiger charge is -2.47. The Morgan fingerprint density at radius 1 is 0.812 bits per heavy atom. The lowest BCUT2D eigenvalue weighted by atomic mass is 9.62. The number of carbonyl (C=O) groups is 2. The van der Waals surface area contributed by atoms with Crippen molar-refractivity contribution in [2.75, 3.05) is 6.54 Å². The minimum atomic E-state index is -0.0263. The van der Waals surface area contributed by atoms with Gasteiger partial charge >= 0.3 is 0 Å². The highest BCUT2D eigenvalue weighted by Gasteiger charge is 2.41. The molecule has 3 rings (SSSR count). The molecule has 0 aromatic heterocycles. The minimum absolute atomic E-state index is 0.0263. The number of rotatable bonds is 9. The Hall–Kier alpha value is -2.62. The Kier molecular flexibility index (Phi) is 8.11. The van der Waals surface area contributed by atoms with Crippen LogP contribution in [0.2, 0.25) is 0 Å². The molecule has 2 N–H and O–H groups in total. The van der Waals surface area contributed by atoms with Gasteiger partial charge in [-0.15, -0.1) is 0 Å².